The molecule has 1 saturated heterocycles. The Labute approximate surface area is 170 Å². The molecule has 1 aliphatic heterocycles. The zero-order valence-electron chi connectivity index (χ0n) is 16.4. The molecule has 2 aromatic rings. The zero-order valence-corrected chi connectivity index (χ0v) is 17.2. The molecule has 0 spiro atoms. The monoisotopic (exact) mass is 394 g/mol. The van der Waals surface area contributed by atoms with Crippen molar-refractivity contribution in [1.82, 2.24) is 0 Å². The topological polar surface area (TPSA) is 49.4 Å². The van der Waals surface area contributed by atoms with Gasteiger partial charge in [0.15, 0.2) is 0 Å². The summed E-state index contributed by atoms with van der Waals surface area (Å²) >= 11 is 1.63. The van der Waals surface area contributed by atoms with Crippen LogP contribution in [0, 0.1) is 5.92 Å². The lowest BCUT2D eigenvalue weighted by Crippen LogP contribution is -2.29. The van der Waals surface area contributed by atoms with Crippen molar-refractivity contribution >= 4 is 35.0 Å². The number of carbonyl (C=O) groups excluding carboxylic acids is 2. The first-order valence-electron chi connectivity index (χ1n) is 9.97. The fourth-order valence-corrected chi connectivity index (χ4v) is 4.82. The average Bonchev–Trinajstić information content (AvgIpc) is 3.02. The van der Waals surface area contributed by atoms with E-state index in [2.05, 4.69) is 31.3 Å². The third kappa shape index (κ3) is 3.81. The summed E-state index contributed by atoms with van der Waals surface area (Å²) in [6.45, 7) is 4.33. The number of anilines is 2. The van der Waals surface area contributed by atoms with E-state index >= 15 is 0 Å². The van der Waals surface area contributed by atoms with E-state index < -0.39 is 0 Å². The number of nitrogens with one attached hydrogen (secondary N) is 1. The maximum atomic E-state index is 12.6. The molecule has 2 aromatic carbocycles. The first-order chi connectivity index (χ1) is 13.5. The van der Waals surface area contributed by atoms with Crippen molar-refractivity contribution in [3.05, 3.63) is 59.7 Å². The Bertz CT molecular complexity index is 874. The second-order valence-corrected chi connectivity index (χ2v) is 8.98. The van der Waals surface area contributed by atoms with Crippen LogP contribution in [-0.4, -0.2) is 17.6 Å². The Morgan fingerprint density at radius 1 is 1.14 bits per heavy atom. The van der Waals surface area contributed by atoms with Gasteiger partial charge in [-0.3, -0.25) is 14.5 Å². The smallest absolute Gasteiger partial charge is 0.238 e. The maximum Gasteiger partial charge on any atom is 0.238 e. The third-order valence-electron chi connectivity index (χ3n) is 5.62. The van der Waals surface area contributed by atoms with Gasteiger partial charge >= 0.3 is 0 Å². The molecule has 0 unspecified atom stereocenters. The lowest BCUT2D eigenvalue weighted by molar-refractivity contribution is -0.122. The van der Waals surface area contributed by atoms with Gasteiger partial charge in [0.1, 0.15) is 5.37 Å². The van der Waals surface area contributed by atoms with Gasteiger partial charge in [-0.1, -0.05) is 44.5 Å². The molecule has 0 aromatic heterocycles. The fourth-order valence-electron chi connectivity index (χ4n) is 3.65. The van der Waals surface area contributed by atoms with Crippen molar-refractivity contribution < 1.29 is 9.59 Å². The lowest BCUT2D eigenvalue weighted by Gasteiger charge is -2.26. The van der Waals surface area contributed by atoms with Crippen LogP contribution in [0.5, 0.6) is 0 Å². The predicted octanol–water partition coefficient (Wildman–Crippen LogP) is 5.33. The van der Waals surface area contributed by atoms with Crippen molar-refractivity contribution in [2.75, 3.05) is 16.0 Å². The number of benzene rings is 2. The summed E-state index contributed by atoms with van der Waals surface area (Å²) in [7, 11) is 0. The molecule has 1 heterocycles. The van der Waals surface area contributed by atoms with Gasteiger partial charge in [0, 0.05) is 17.3 Å². The first-order valence-corrected chi connectivity index (χ1v) is 11.0. The number of nitrogens with zero attached hydrogens (tertiary/aromatic N) is 1. The number of rotatable bonds is 5. The predicted molar refractivity (Wildman–Crippen MR) is 116 cm³/mol. The van der Waals surface area contributed by atoms with E-state index in [-0.39, 0.29) is 23.1 Å². The minimum Gasteiger partial charge on any atom is -0.326 e. The molecule has 0 bridgehead atoms. The summed E-state index contributed by atoms with van der Waals surface area (Å²) in [6, 6.07) is 16.2. The number of thioether (sulfide) groups is 1. The number of carbonyl (C=O) groups is 2. The summed E-state index contributed by atoms with van der Waals surface area (Å²) in [5.74, 6) is 1.32. The quantitative estimate of drug-likeness (QED) is 0.746. The standard InChI is InChI=1S/C23H26N2O2S/c1-15(2)16-9-11-20(12-10-16)25-21(26)14-28-23(25)18-7-4-8-19(13-18)24-22(27)17-5-3-6-17/h4,7-13,15,17,23H,3,5-6,14H2,1-2H3,(H,24,27)/t23-/m0/s1. The Kier molecular flexibility index (Phi) is 5.44. The molecule has 2 amide bonds. The van der Waals surface area contributed by atoms with Crippen molar-refractivity contribution in [1.29, 1.82) is 0 Å². The van der Waals surface area contributed by atoms with Crippen LogP contribution in [0.25, 0.3) is 0 Å². The molecule has 4 nitrogen and oxygen atoms in total. The van der Waals surface area contributed by atoms with Gasteiger partial charge in [0.05, 0.1) is 5.75 Å². The molecule has 146 valence electrons. The van der Waals surface area contributed by atoms with Gasteiger partial charge in [-0.25, -0.2) is 0 Å². The summed E-state index contributed by atoms with van der Waals surface area (Å²) < 4.78 is 0. The zero-order chi connectivity index (χ0) is 19.7. The van der Waals surface area contributed by atoms with Gasteiger partial charge in [-0.2, -0.15) is 0 Å². The van der Waals surface area contributed by atoms with Gasteiger partial charge in [0.2, 0.25) is 11.8 Å². The Morgan fingerprint density at radius 3 is 2.54 bits per heavy atom. The van der Waals surface area contributed by atoms with Crippen molar-refractivity contribution in [2.45, 2.75) is 44.4 Å². The second kappa shape index (κ2) is 8.00. The Balaban J connectivity index is 1.56. The molecule has 2 aliphatic rings. The van der Waals surface area contributed by atoms with Crippen LogP contribution in [0.4, 0.5) is 11.4 Å². The molecule has 1 saturated carbocycles. The molecule has 1 aliphatic carbocycles. The van der Waals surface area contributed by atoms with Gasteiger partial charge < -0.3 is 5.32 Å². The van der Waals surface area contributed by atoms with Crippen LogP contribution in [0.3, 0.4) is 0 Å². The average molecular weight is 395 g/mol. The summed E-state index contributed by atoms with van der Waals surface area (Å²) in [5.41, 5.74) is 4.04. The largest absolute Gasteiger partial charge is 0.326 e. The SMILES string of the molecule is CC(C)c1ccc(N2C(=O)CS[C@H]2c2cccc(NC(=O)C3CCC3)c2)cc1. The summed E-state index contributed by atoms with van der Waals surface area (Å²) in [6.07, 6.45) is 3.11. The van der Waals surface area contributed by atoms with E-state index in [4.69, 9.17) is 0 Å². The van der Waals surface area contributed by atoms with E-state index in [0.717, 1.165) is 36.2 Å². The molecular formula is C23H26N2O2S. The van der Waals surface area contributed by atoms with Crippen LogP contribution >= 0.6 is 11.8 Å². The van der Waals surface area contributed by atoms with Crippen molar-refractivity contribution in [3.8, 4) is 0 Å². The van der Waals surface area contributed by atoms with Gasteiger partial charge in [0.25, 0.3) is 0 Å². The highest BCUT2D eigenvalue weighted by molar-refractivity contribution is 8.00. The van der Waals surface area contributed by atoms with Crippen molar-refractivity contribution in [3.63, 3.8) is 0 Å². The molecular weight excluding hydrogens is 368 g/mol. The second-order valence-electron chi connectivity index (χ2n) is 7.92. The van der Waals surface area contributed by atoms with Gasteiger partial charge in [-0.15, -0.1) is 11.8 Å². The number of hydrogen-bond acceptors (Lipinski definition) is 3. The highest BCUT2D eigenvalue weighted by atomic mass is 32.2. The van der Waals surface area contributed by atoms with Crippen molar-refractivity contribution in [2.24, 2.45) is 5.92 Å². The Morgan fingerprint density at radius 2 is 1.89 bits per heavy atom. The molecule has 5 heteroatoms. The van der Waals surface area contributed by atoms with E-state index in [1.807, 2.05) is 41.3 Å². The maximum absolute atomic E-state index is 12.6. The minimum atomic E-state index is -0.0713. The first kappa shape index (κ1) is 19.1. The number of hydrogen-bond donors (Lipinski definition) is 1. The molecule has 4 rings (SSSR count). The van der Waals surface area contributed by atoms with Crippen LogP contribution in [0.2, 0.25) is 0 Å². The van der Waals surface area contributed by atoms with Crippen LogP contribution in [-0.2, 0) is 9.59 Å². The van der Waals surface area contributed by atoms with E-state index in [0.29, 0.717) is 11.7 Å². The van der Waals surface area contributed by atoms with E-state index in [9.17, 15) is 9.59 Å². The lowest BCUT2D eigenvalue weighted by atomic mass is 9.85. The van der Waals surface area contributed by atoms with Crippen LogP contribution in [0.15, 0.2) is 48.5 Å². The summed E-state index contributed by atoms with van der Waals surface area (Å²) in [4.78, 5) is 26.8. The molecule has 0 radical (unpaired) electrons. The van der Waals surface area contributed by atoms with Crippen LogP contribution in [0.1, 0.15) is 55.5 Å². The normalized spacial score (nSPS) is 19.8. The third-order valence-corrected chi connectivity index (χ3v) is 6.83. The molecule has 2 fully saturated rings. The Hall–Kier alpha value is -2.27. The highest BCUT2D eigenvalue weighted by Crippen LogP contribution is 2.42. The molecule has 1 atom stereocenters. The van der Waals surface area contributed by atoms with E-state index in [1.165, 1.54) is 5.56 Å². The van der Waals surface area contributed by atoms with Gasteiger partial charge in [-0.05, 0) is 54.2 Å². The van der Waals surface area contributed by atoms with Crippen LogP contribution < -0.4 is 10.2 Å². The molecule has 1 N–H and O–H groups in total. The van der Waals surface area contributed by atoms with E-state index in [1.54, 1.807) is 11.8 Å². The summed E-state index contributed by atoms with van der Waals surface area (Å²) in [5, 5.41) is 2.97. The highest BCUT2D eigenvalue weighted by Gasteiger charge is 2.34. The fraction of sp³-hybridized carbons (Fsp3) is 0.391. The number of amides is 2. The molecule has 28 heavy (non-hydrogen) atoms. The minimum absolute atomic E-state index is 0.0713.